The van der Waals surface area contributed by atoms with Gasteiger partial charge in [0.05, 0.1) is 40.2 Å². The molecule has 2 fully saturated rings. The third kappa shape index (κ3) is 2.98. The summed E-state index contributed by atoms with van der Waals surface area (Å²) in [5, 5.41) is 8.89. The molecule has 1 aromatic carbocycles. The maximum absolute atomic E-state index is 15.8. The van der Waals surface area contributed by atoms with E-state index >= 15 is 4.39 Å². The molecule has 34 heavy (non-hydrogen) atoms. The molecule has 4 amide bonds. The predicted octanol–water partition coefficient (Wildman–Crippen LogP) is 2.62. The molecule has 2 N–H and O–H groups in total. The molecule has 10 nitrogen and oxygen atoms in total. The van der Waals surface area contributed by atoms with Gasteiger partial charge in [-0.3, -0.25) is 25.2 Å². The predicted molar refractivity (Wildman–Crippen MR) is 121 cm³/mol. The van der Waals surface area contributed by atoms with E-state index in [1.165, 1.54) is 11.3 Å². The van der Waals surface area contributed by atoms with Crippen molar-refractivity contribution < 1.29 is 28.0 Å². The molecule has 2 aromatic heterocycles. The number of carbonyl (C=O) groups is 3. The molecule has 0 aliphatic carbocycles. The van der Waals surface area contributed by atoms with E-state index in [0.29, 0.717) is 21.5 Å². The summed E-state index contributed by atoms with van der Waals surface area (Å²) in [5.74, 6) is -2.06. The molecule has 5 heterocycles. The van der Waals surface area contributed by atoms with Crippen LogP contribution in [-0.2, 0) is 20.7 Å². The molecular weight excluding hydrogens is 465 g/mol. The number of nitrogens with zero attached hydrogens (tertiary/aromatic N) is 3. The summed E-state index contributed by atoms with van der Waals surface area (Å²) < 4.78 is 26.9. The number of rotatable bonds is 1. The van der Waals surface area contributed by atoms with Gasteiger partial charge >= 0.3 is 6.03 Å². The second-order valence-electron chi connectivity index (χ2n) is 8.07. The van der Waals surface area contributed by atoms with Gasteiger partial charge in [-0.15, -0.1) is 11.3 Å². The number of nitrogens with one attached hydrogen (secondary N) is 2. The van der Waals surface area contributed by atoms with Crippen LogP contribution in [0.15, 0.2) is 22.3 Å². The molecule has 12 heteroatoms. The Balaban J connectivity index is 0.00000117. The number of fused-ring (bicyclic) bond motifs is 5. The monoisotopic (exact) mass is 487 g/mol. The number of amides is 4. The van der Waals surface area contributed by atoms with Crippen LogP contribution < -0.4 is 15.5 Å². The number of benzene rings is 1. The number of anilines is 1. The van der Waals surface area contributed by atoms with Gasteiger partial charge < -0.3 is 14.2 Å². The number of ether oxygens (including phenoxy) is 1. The first-order valence-electron chi connectivity index (χ1n) is 11.0. The average molecular weight is 488 g/mol. The molecule has 1 spiro atoms. The number of halogens is 1. The maximum Gasteiger partial charge on any atom is 0.328 e. The van der Waals surface area contributed by atoms with E-state index < -0.39 is 41.2 Å². The Morgan fingerprint density at radius 1 is 1.24 bits per heavy atom. The topological polar surface area (TPSA) is 127 Å². The van der Waals surface area contributed by atoms with Crippen molar-refractivity contribution in [2.75, 3.05) is 18.1 Å². The lowest BCUT2D eigenvalue weighted by Gasteiger charge is -2.54. The van der Waals surface area contributed by atoms with Gasteiger partial charge in [0.2, 0.25) is 17.4 Å². The SMILES string of the molecule is CC.C[C@@H]1OCCN2c3c(cc4c(-c5cncs5)noc4c3F)CC3(C(=O)NC(=O)NC3=O)[C@@H]12. The molecule has 0 saturated carbocycles. The smallest absolute Gasteiger partial charge is 0.328 e. The van der Waals surface area contributed by atoms with Gasteiger partial charge in [-0.25, -0.2) is 9.18 Å². The molecule has 3 aromatic rings. The standard InChI is InChI=1S/C20H16FN5O5S.C2H6/c1-8-16-20(17(27)23-19(29)24-18(20)28)5-9-4-10-13(11-6-22-7-32-11)25-31-15(10)12(21)14(9)26(16)2-3-30-8;1-2/h4,6-8,16H,2-3,5H2,1H3,(H2,23,24,27,28,29);1-2H3/t8-,16+;/m0./s1. The Morgan fingerprint density at radius 2 is 1.97 bits per heavy atom. The summed E-state index contributed by atoms with van der Waals surface area (Å²) in [4.78, 5) is 44.5. The quantitative estimate of drug-likeness (QED) is 0.502. The van der Waals surface area contributed by atoms with E-state index in [2.05, 4.69) is 20.8 Å². The fourth-order valence-corrected chi connectivity index (χ4v) is 5.79. The normalized spacial score (nSPS) is 23.1. The average Bonchev–Trinajstić information content (AvgIpc) is 3.48. The third-order valence-corrected chi connectivity index (χ3v) is 7.22. The van der Waals surface area contributed by atoms with Crippen molar-refractivity contribution in [3.05, 3.63) is 29.2 Å². The van der Waals surface area contributed by atoms with Crippen LogP contribution in [-0.4, -0.2) is 53.3 Å². The van der Waals surface area contributed by atoms with Gasteiger partial charge in [0.25, 0.3) is 0 Å². The van der Waals surface area contributed by atoms with Crippen molar-refractivity contribution in [3.8, 4) is 10.6 Å². The van der Waals surface area contributed by atoms with Gasteiger partial charge in [-0.2, -0.15) is 0 Å². The number of morpholine rings is 1. The first-order chi connectivity index (χ1) is 16.4. The van der Waals surface area contributed by atoms with E-state index in [0.717, 1.165) is 0 Å². The summed E-state index contributed by atoms with van der Waals surface area (Å²) in [6, 6.07) is 0.0159. The number of barbiturate groups is 1. The van der Waals surface area contributed by atoms with Crippen molar-refractivity contribution >= 4 is 45.8 Å². The van der Waals surface area contributed by atoms with Crippen LogP contribution in [0.4, 0.5) is 14.9 Å². The van der Waals surface area contributed by atoms with Crippen LogP contribution in [0.5, 0.6) is 0 Å². The summed E-state index contributed by atoms with van der Waals surface area (Å²) >= 11 is 1.33. The minimum Gasteiger partial charge on any atom is -0.374 e. The van der Waals surface area contributed by atoms with E-state index in [4.69, 9.17) is 9.26 Å². The lowest BCUT2D eigenvalue weighted by Crippen LogP contribution is -2.74. The lowest BCUT2D eigenvalue weighted by atomic mass is 9.66. The molecule has 2 atom stereocenters. The number of hydrogen-bond donors (Lipinski definition) is 2. The molecule has 0 unspecified atom stereocenters. The number of hydrogen-bond acceptors (Lipinski definition) is 9. The lowest BCUT2D eigenvalue weighted by molar-refractivity contribution is -0.151. The summed E-state index contributed by atoms with van der Waals surface area (Å²) in [5.41, 5.74) is 1.11. The van der Waals surface area contributed by atoms with Crippen LogP contribution in [0.3, 0.4) is 0 Å². The van der Waals surface area contributed by atoms with Gasteiger partial charge in [0, 0.05) is 19.2 Å². The zero-order chi connectivity index (χ0) is 24.2. The Labute approximate surface area is 197 Å². The largest absolute Gasteiger partial charge is 0.374 e. The number of urea groups is 1. The Morgan fingerprint density at radius 3 is 2.65 bits per heavy atom. The van der Waals surface area contributed by atoms with Crippen LogP contribution in [0.25, 0.3) is 21.5 Å². The zero-order valence-electron chi connectivity index (χ0n) is 18.7. The zero-order valence-corrected chi connectivity index (χ0v) is 19.5. The van der Waals surface area contributed by atoms with E-state index in [1.807, 2.05) is 13.8 Å². The van der Waals surface area contributed by atoms with Gasteiger partial charge in [0.15, 0.2) is 11.2 Å². The summed E-state index contributed by atoms with van der Waals surface area (Å²) in [6.07, 6.45) is 0.926. The van der Waals surface area contributed by atoms with Gasteiger partial charge in [-0.05, 0) is 18.6 Å². The fourth-order valence-electron chi connectivity index (χ4n) is 5.17. The highest BCUT2D eigenvalue weighted by atomic mass is 32.1. The summed E-state index contributed by atoms with van der Waals surface area (Å²) in [7, 11) is 0. The maximum atomic E-state index is 15.8. The Kier molecular flexibility index (Phi) is 5.36. The van der Waals surface area contributed by atoms with Gasteiger partial charge in [-0.1, -0.05) is 19.0 Å². The van der Waals surface area contributed by atoms with Gasteiger partial charge in [0.1, 0.15) is 5.69 Å². The fraction of sp³-hybridized carbons (Fsp3) is 0.409. The molecule has 6 rings (SSSR count). The molecule has 2 saturated heterocycles. The molecule has 178 valence electrons. The Bertz CT molecular complexity index is 1290. The third-order valence-electron chi connectivity index (χ3n) is 6.44. The first kappa shape index (κ1) is 22.4. The second kappa shape index (κ2) is 8.13. The minimum atomic E-state index is -1.66. The molecule has 0 bridgehead atoms. The van der Waals surface area contributed by atoms with Crippen LogP contribution >= 0.6 is 11.3 Å². The van der Waals surface area contributed by atoms with Crippen molar-refractivity contribution in [3.63, 3.8) is 0 Å². The van der Waals surface area contributed by atoms with E-state index in [-0.39, 0.29) is 30.8 Å². The molecular formula is C22H22FN5O5S. The highest BCUT2D eigenvalue weighted by Crippen LogP contribution is 2.49. The van der Waals surface area contributed by atoms with Crippen molar-refractivity contribution in [1.29, 1.82) is 0 Å². The van der Waals surface area contributed by atoms with Crippen LogP contribution in [0, 0.1) is 11.2 Å². The van der Waals surface area contributed by atoms with Crippen LogP contribution in [0.2, 0.25) is 0 Å². The van der Waals surface area contributed by atoms with E-state index in [9.17, 15) is 14.4 Å². The number of thiazole rings is 1. The van der Waals surface area contributed by atoms with Crippen molar-refractivity contribution in [2.24, 2.45) is 5.41 Å². The Hall–Kier alpha value is -3.38. The number of imide groups is 2. The highest BCUT2D eigenvalue weighted by molar-refractivity contribution is 7.13. The summed E-state index contributed by atoms with van der Waals surface area (Å²) in [6.45, 7) is 6.28. The molecule has 0 radical (unpaired) electrons. The molecule has 3 aliphatic rings. The molecule has 3 aliphatic heterocycles. The number of aromatic nitrogens is 2. The van der Waals surface area contributed by atoms with Crippen molar-refractivity contribution in [1.82, 2.24) is 20.8 Å². The highest BCUT2D eigenvalue weighted by Gasteiger charge is 2.62. The van der Waals surface area contributed by atoms with Crippen LogP contribution in [0.1, 0.15) is 26.3 Å². The van der Waals surface area contributed by atoms with Crippen molar-refractivity contribution in [2.45, 2.75) is 39.3 Å². The second-order valence-corrected chi connectivity index (χ2v) is 8.96. The number of carbonyl (C=O) groups excluding carboxylic acids is 3. The minimum absolute atomic E-state index is 0.00581. The first-order valence-corrected chi connectivity index (χ1v) is 11.8. The van der Waals surface area contributed by atoms with E-state index in [1.54, 1.807) is 29.6 Å².